The zero-order valence-corrected chi connectivity index (χ0v) is 37.6. The van der Waals surface area contributed by atoms with Crippen LogP contribution in [0, 0.1) is 47.7 Å². The van der Waals surface area contributed by atoms with Crippen molar-refractivity contribution in [1.82, 2.24) is 10.2 Å². The molecule has 0 spiro atoms. The van der Waals surface area contributed by atoms with Crippen LogP contribution in [0.1, 0.15) is 104 Å². The molecule has 1 heterocycles. The minimum atomic E-state index is -0.790. The Bertz CT molecular complexity index is 2210. The van der Waals surface area contributed by atoms with Gasteiger partial charge in [0.25, 0.3) is 5.91 Å². The molecule has 12 nitrogen and oxygen atoms in total. The smallest absolute Gasteiger partial charge is 0.254 e. The number of Topliss-reactive ketones (excluding diaryl/α,β-unsaturated/α-hetero) is 3. The summed E-state index contributed by atoms with van der Waals surface area (Å²) in [5, 5.41) is 12.1. The van der Waals surface area contributed by atoms with Crippen molar-refractivity contribution in [3.8, 4) is 17.6 Å². The van der Waals surface area contributed by atoms with Crippen LogP contribution in [0.15, 0.2) is 54.6 Å². The summed E-state index contributed by atoms with van der Waals surface area (Å²) in [5.41, 5.74) is 3.56. The van der Waals surface area contributed by atoms with Crippen molar-refractivity contribution in [2.24, 2.45) is 16.7 Å². The summed E-state index contributed by atoms with van der Waals surface area (Å²) in [5.74, 6) is -0.616. The molecule has 0 bridgehead atoms. The van der Waals surface area contributed by atoms with Crippen molar-refractivity contribution >= 4 is 28.9 Å². The van der Waals surface area contributed by atoms with E-state index in [1.54, 1.807) is 13.2 Å². The Morgan fingerprint density at radius 2 is 1.68 bits per heavy atom. The first-order valence-corrected chi connectivity index (χ1v) is 22.2. The number of carbonyl (C=O) groups excluding carboxylic acids is 4. The topological polar surface area (TPSA) is 148 Å². The quantitative estimate of drug-likeness (QED) is 0.115. The molecule has 2 atom stereocenters. The molecule has 336 valence electrons. The molecule has 7 rings (SSSR count). The van der Waals surface area contributed by atoms with E-state index >= 15 is 4.39 Å². The largest absolute Gasteiger partial charge is 0.490 e. The number of carbonyl (C=O) groups is 4. The van der Waals surface area contributed by atoms with E-state index in [4.69, 9.17) is 18.9 Å². The molecule has 0 aromatic heterocycles. The van der Waals surface area contributed by atoms with E-state index in [1.807, 2.05) is 50.2 Å². The summed E-state index contributed by atoms with van der Waals surface area (Å²) < 4.78 is 39.5. The lowest BCUT2D eigenvalue weighted by atomic mass is 9.44. The van der Waals surface area contributed by atoms with E-state index in [0.717, 1.165) is 48.5 Å². The normalized spacial score (nSPS) is 25.1. The fourth-order valence-electron chi connectivity index (χ4n) is 10.6. The average molecular weight is 865 g/mol. The van der Waals surface area contributed by atoms with Crippen molar-refractivity contribution in [3.63, 3.8) is 0 Å². The molecule has 4 fully saturated rings. The molecule has 4 aliphatic rings. The van der Waals surface area contributed by atoms with Gasteiger partial charge in [-0.25, -0.2) is 4.39 Å². The van der Waals surface area contributed by atoms with Crippen LogP contribution in [-0.2, 0) is 19.1 Å². The third kappa shape index (κ3) is 9.99. The first kappa shape index (κ1) is 45.9. The number of aryl methyl sites for hydroxylation is 2. The van der Waals surface area contributed by atoms with E-state index in [1.165, 1.54) is 12.1 Å². The van der Waals surface area contributed by atoms with E-state index in [2.05, 4.69) is 48.9 Å². The van der Waals surface area contributed by atoms with Gasteiger partial charge in [-0.05, 0) is 85.8 Å². The third-order valence-corrected chi connectivity index (χ3v) is 14.0. The molecular weight excluding hydrogens is 804 g/mol. The summed E-state index contributed by atoms with van der Waals surface area (Å²) in [6.45, 7) is 16.6. The number of methoxy groups -OCH3 is 1. The maximum atomic E-state index is 15.1. The number of nitrogens with one attached hydrogen (secondary N) is 1. The third-order valence-electron chi connectivity index (χ3n) is 14.0. The number of morpholine rings is 1. The van der Waals surface area contributed by atoms with Gasteiger partial charge in [0, 0.05) is 93.2 Å². The second-order valence-corrected chi connectivity index (χ2v) is 19.1. The highest BCUT2D eigenvalue weighted by molar-refractivity contribution is 6.06. The standard InChI is InChI=1S/C50H61FN4O8/c1-30-20-37(21-31(2)41(30)27-52)63-48-49(3,4)46(50(48,5)6)26-44(57)32-8-10-33(11-9-32)54-17-19-61-39(28-54)29-55(16-18-60-7)34-22-38(23-34)62-36-13-14-40(42(51)25-36)47(59)53-43-15-12-35(56)24-45(43)58/h8-11,13-14,20-21,25,34,38-39,43,46,48H,12,15-19,22-24,26,28-29H2,1-7H3,(H,53,59)/t34?,38?,39-,43+,46?,48?/m1/s1. The molecule has 3 aromatic rings. The minimum absolute atomic E-state index is 0.0515. The predicted molar refractivity (Wildman–Crippen MR) is 236 cm³/mol. The highest BCUT2D eigenvalue weighted by Gasteiger charge is 2.63. The number of rotatable bonds is 16. The lowest BCUT2D eigenvalue weighted by Gasteiger charge is -2.63. The Hall–Kier alpha value is -5.16. The average Bonchev–Trinajstić information content (AvgIpc) is 3.22. The van der Waals surface area contributed by atoms with Crippen molar-refractivity contribution in [2.45, 2.75) is 110 Å². The first-order valence-electron chi connectivity index (χ1n) is 22.2. The highest BCUT2D eigenvalue weighted by Crippen LogP contribution is 2.62. The van der Waals surface area contributed by atoms with E-state index in [0.29, 0.717) is 49.6 Å². The second-order valence-electron chi connectivity index (χ2n) is 19.1. The SMILES string of the molecule is COCCN(C[C@H]1CN(c2ccc(C(=O)CC3C(C)(C)C(Oc4cc(C)c(C#N)c(C)c4)C3(C)C)cc2)CCO1)C1CC(Oc2ccc(C(=O)N[C@H]3CCC(=O)CC3=O)c(F)c2)C1. The van der Waals surface area contributed by atoms with Crippen LogP contribution < -0.4 is 19.7 Å². The van der Waals surface area contributed by atoms with Gasteiger partial charge in [-0.2, -0.15) is 5.26 Å². The Balaban J connectivity index is 0.895. The maximum Gasteiger partial charge on any atom is 0.254 e. The molecule has 1 amide bonds. The summed E-state index contributed by atoms with van der Waals surface area (Å²) >= 11 is 0. The molecule has 13 heteroatoms. The number of halogens is 1. The summed E-state index contributed by atoms with van der Waals surface area (Å²) in [7, 11) is 1.68. The highest BCUT2D eigenvalue weighted by atomic mass is 19.1. The minimum Gasteiger partial charge on any atom is -0.490 e. The van der Waals surface area contributed by atoms with Gasteiger partial charge < -0.3 is 29.2 Å². The first-order chi connectivity index (χ1) is 30.0. The van der Waals surface area contributed by atoms with Crippen molar-refractivity contribution in [2.75, 3.05) is 51.4 Å². The zero-order chi connectivity index (χ0) is 45.2. The number of nitrogens with zero attached hydrogens (tertiary/aromatic N) is 3. The van der Waals surface area contributed by atoms with Gasteiger partial charge in [0.2, 0.25) is 0 Å². The van der Waals surface area contributed by atoms with Crippen LogP contribution in [0.25, 0.3) is 0 Å². The van der Waals surface area contributed by atoms with Crippen molar-refractivity contribution in [1.29, 1.82) is 5.26 Å². The van der Waals surface area contributed by atoms with Gasteiger partial charge in [-0.15, -0.1) is 0 Å². The molecule has 0 unspecified atom stereocenters. The van der Waals surface area contributed by atoms with Gasteiger partial charge in [-0.3, -0.25) is 24.1 Å². The predicted octanol–water partition coefficient (Wildman–Crippen LogP) is 7.20. The van der Waals surface area contributed by atoms with Crippen LogP contribution in [0.2, 0.25) is 0 Å². The van der Waals surface area contributed by atoms with Crippen LogP contribution in [0.5, 0.6) is 11.5 Å². The van der Waals surface area contributed by atoms with Gasteiger partial charge in [0.05, 0.1) is 49.0 Å². The van der Waals surface area contributed by atoms with Crippen molar-refractivity contribution < 1.29 is 42.5 Å². The number of anilines is 1. The Morgan fingerprint density at radius 3 is 2.32 bits per heavy atom. The molecular formula is C50H61FN4O8. The molecule has 3 aliphatic carbocycles. The molecule has 1 aliphatic heterocycles. The van der Waals surface area contributed by atoms with Crippen LogP contribution in [-0.4, -0.2) is 105 Å². The molecule has 3 aromatic carbocycles. The Kier molecular flexibility index (Phi) is 13.8. The Labute approximate surface area is 370 Å². The number of ketones is 3. The molecule has 63 heavy (non-hydrogen) atoms. The monoisotopic (exact) mass is 864 g/mol. The van der Waals surface area contributed by atoms with Gasteiger partial charge in [0.15, 0.2) is 11.6 Å². The lowest BCUT2D eigenvalue weighted by Crippen LogP contribution is -2.66. The second kappa shape index (κ2) is 18.9. The van der Waals surface area contributed by atoms with Crippen LogP contribution >= 0.6 is 0 Å². The summed E-state index contributed by atoms with van der Waals surface area (Å²) in [6, 6.07) is 17.7. The van der Waals surface area contributed by atoms with Gasteiger partial charge >= 0.3 is 0 Å². The number of nitriles is 1. The fraction of sp³-hybridized carbons (Fsp3) is 0.540. The van der Waals surface area contributed by atoms with Crippen LogP contribution in [0.4, 0.5) is 10.1 Å². The summed E-state index contributed by atoms with van der Waals surface area (Å²) in [6.07, 6.45) is 1.85. The zero-order valence-electron chi connectivity index (χ0n) is 37.6. The van der Waals surface area contributed by atoms with Crippen molar-refractivity contribution in [3.05, 3.63) is 88.2 Å². The summed E-state index contributed by atoms with van der Waals surface area (Å²) in [4.78, 5) is 54.9. The van der Waals surface area contributed by atoms with Gasteiger partial charge in [-0.1, -0.05) is 27.7 Å². The molecule has 0 radical (unpaired) electrons. The van der Waals surface area contributed by atoms with Crippen LogP contribution in [0.3, 0.4) is 0 Å². The number of benzene rings is 3. The molecule has 1 N–H and O–H groups in total. The maximum absolute atomic E-state index is 15.1. The number of hydrogen-bond acceptors (Lipinski definition) is 11. The van der Waals surface area contributed by atoms with E-state index < -0.39 is 17.8 Å². The van der Waals surface area contributed by atoms with E-state index in [-0.39, 0.29) is 83.3 Å². The lowest BCUT2D eigenvalue weighted by molar-refractivity contribution is -0.196. The fourth-order valence-corrected chi connectivity index (χ4v) is 10.6. The number of ether oxygens (including phenoxy) is 4. The number of amides is 1. The number of hydrogen-bond donors (Lipinski definition) is 1. The molecule has 1 saturated heterocycles. The Morgan fingerprint density at radius 1 is 0.984 bits per heavy atom. The van der Waals surface area contributed by atoms with E-state index in [9.17, 15) is 24.4 Å². The molecule has 3 saturated carbocycles. The van der Waals surface area contributed by atoms with Gasteiger partial charge in [0.1, 0.15) is 35.3 Å².